The lowest BCUT2D eigenvalue weighted by Crippen LogP contribution is -2.09. The van der Waals surface area contributed by atoms with E-state index in [0.29, 0.717) is 0 Å². The quantitative estimate of drug-likeness (QED) is 0.160. The number of hydrogen-bond donors (Lipinski definition) is 0. The maximum atomic E-state index is 6.88. The number of benzene rings is 10. The van der Waals surface area contributed by atoms with Crippen LogP contribution >= 0.6 is 11.3 Å². The van der Waals surface area contributed by atoms with E-state index in [9.17, 15) is 0 Å². The van der Waals surface area contributed by atoms with Gasteiger partial charge < -0.3 is 9.32 Å². The van der Waals surface area contributed by atoms with Crippen molar-refractivity contribution in [1.82, 2.24) is 0 Å². The molecule has 0 saturated carbocycles. The van der Waals surface area contributed by atoms with Gasteiger partial charge in [0.2, 0.25) is 0 Å². The molecule has 0 saturated heterocycles. The molecule has 12 rings (SSSR count). The third-order valence-electron chi connectivity index (χ3n) is 12.1. The second kappa shape index (κ2) is 14.5. The van der Waals surface area contributed by atoms with Gasteiger partial charge in [0, 0.05) is 53.6 Å². The van der Waals surface area contributed by atoms with Gasteiger partial charge in [-0.05, 0) is 104 Å². The van der Waals surface area contributed by atoms with Gasteiger partial charge in [-0.1, -0.05) is 170 Å². The van der Waals surface area contributed by atoms with Gasteiger partial charge in [0.25, 0.3) is 0 Å². The van der Waals surface area contributed by atoms with Crippen molar-refractivity contribution in [3.05, 3.63) is 224 Å². The lowest BCUT2D eigenvalue weighted by molar-refractivity contribution is 0.670. The van der Waals surface area contributed by atoms with Gasteiger partial charge in [-0.15, -0.1) is 11.3 Å². The molecule has 10 aromatic carbocycles. The van der Waals surface area contributed by atoms with Gasteiger partial charge in [0.05, 0.1) is 0 Å². The Kier molecular flexibility index (Phi) is 8.39. The van der Waals surface area contributed by atoms with Crippen molar-refractivity contribution in [3.63, 3.8) is 0 Å². The van der Waals surface area contributed by atoms with E-state index in [0.717, 1.165) is 50.1 Å². The molecule has 0 spiro atoms. The maximum Gasteiger partial charge on any atom is 0.143 e. The molecule has 0 bridgehead atoms. The molecule has 0 N–H and O–H groups in total. The molecule has 0 radical (unpaired) electrons. The van der Waals surface area contributed by atoms with Gasteiger partial charge in [-0.3, -0.25) is 0 Å². The molecule has 3 heteroatoms. The Morgan fingerprint density at radius 2 is 0.885 bits per heavy atom. The minimum absolute atomic E-state index is 0.863. The Morgan fingerprint density at radius 1 is 0.344 bits per heavy atom. The average molecular weight is 796 g/mol. The smallest absolute Gasteiger partial charge is 0.143 e. The second-order valence-electron chi connectivity index (χ2n) is 15.7. The molecule has 0 aliphatic heterocycles. The average Bonchev–Trinajstić information content (AvgIpc) is 3.90. The van der Waals surface area contributed by atoms with Crippen LogP contribution in [0.25, 0.3) is 97.4 Å². The van der Waals surface area contributed by atoms with Crippen molar-refractivity contribution in [2.75, 3.05) is 4.90 Å². The molecule has 0 amide bonds. The molecule has 0 aliphatic rings. The number of furan rings is 1. The molecule has 0 atom stereocenters. The summed E-state index contributed by atoms with van der Waals surface area (Å²) >= 11 is 1.87. The first-order chi connectivity index (χ1) is 30.2. The third kappa shape index (κ3) is 6.09. The van der Waals surface area contributed by atoms with Crippen LogP contribution in [0.5, 0.6) is 0 Å². The molecule has 286 valence electrons. The fraction of sp³-hybridized carbons (Fsp3) is 0. The van der Waals surface area contributed by atoms with E-state index in [4.69, 9.17) is 4.42 Å². The number of fused-ring (bicyclic) bond motifs is 7. The highest BCUT2D eigenvalue weighted by Gasteiger charge is 2.20. The molecular formula is C58H37NOS. The fourth-order valence-electron chi connectivity index (χ4n) is 9.09. The second-order valence-corrected chi connectivity index (χ2v) is 16.7. The van der Waals surface area contributed by atoms with E-state index in [1.807, 2.05) is 11.3 Å². The molecule has 12 aromatic rings. The summed E-state index contributed by atoms with van der Waals surface area (Å²) in [5, 5.41) is 7.16. The summed E-state index contributed by atoms with van der Waals surface area (Å²) in [5.74, 6) is 0. The molecular weight excluding hydrogens is 759 g/mol. The summed E-state index contributed by atoms with van der Waals surface area (Å²) in [6.45, 7) is 0. The van der Waals surface area contributed by atoms with Crippen molar-refractivity contribution in [3.8, 4) is 44.5 Å². The molecule has 0 unspecified atom stereocenters. The van der Waals surface area contributed by atoms with Gasteiger partial charge in [0.1, 0.15) is 11.2 Å². The Morgan fingerprint density at radius 3 is 1.59 bits per heavy atom. The van der Waals surface area contributed by atoms with Crippen molar-refractivity contribution >= 4 is 81.3 Å². The number of thiophene rings is 1. The van der Waals surface area contributed by atoms with Crippen LogP contribution in [0.1, 0.15) is 0 Å². The monoisotopic (exact) mass is 795 g/mol. The minimum atomic E-state index is 0.863. The van der Waals surface area contributed by atoms with Crippen LogP contribution in [0, 0.1) is 0 Å². The topological polar surface area (TPSA) is 16.4 Å². The van der Waals surface area contributed by atoms with Crippen LogP contribution in [0.2, 0.25) is 0 Å². The SMILES string of the molecule is c1ccc(-c2ccc(-c3c4ccccc4cc4c3oc3ccc(N(c5ccc(-c6ccccc6)cc5)c5ccc(-c6cccc7c6sc6ccccc67)cc5)cc34)cc2)cc1. The third-order valence-corrected chi connectivity index (χ3v) is 13.3. The molecule has 2 aromatic heterocycles. The highest BCUT2D eigenvalue weighted by atomic mass is 32.1. The summed E-state index contributed by atoms with van der Waals surface area (Å²) < 4.78 is 9.51. The first-order valence-corrected chi connectivity index (χ1v) is 21.6. The largest absolute Gasteiger partial charge is 0.455 e. The van der Waals surface area contributed by atoms with Crippen LogP contribution in [0.4, 0.5) is 17.1 Å². The molecule has 61 heavy (non-hydrogen) atoms. The number of nitrogens with zero attached hydrogens (tertiary/aromatic N) is 1. The van der Waals surface area contributed by atoms with Crippen LogP contribution in [0.15, 0.2) is 229 Å². The van der Waals surface area contributed by atoms with E-state index >= 15 is 0 Å². The number of hydrogen-bond acceptors (Lipinski definition) is 3. The Balaban J connectivity index is 1.00. The Labute approximate surface area is 357 Å². The molecule has 0 aliphatic carbocycles. The van der Waals surface area contributed by atoms with Gasteiger partial charge in [-0.25, -0.2) is 0 Å². The van der Waals surface area contributed by atoms with Gasteiger partial charge >= 0.3 is 0 Å². The van der Waals surface area contributed by atoms with Crippen LogP contribution in [-0.2, 0) is 0 Å². The van der Waals surface area contributed by atoms with Gasteiger partial charge in [-0.2, -0.15) is 0 Å². The fourth-order valence-corrected chi connectivity index (χ4v) is 10.3. The summed E-state index contributed by atoms with van der Waals surface area (Å²) in [6.07, 6.45) is 0. The zero-order chi connectivity index (χ0) is 40.3. The highest BCUT2D eigenvalue weighted by Crippen LogP contribution is 2.45. The van der Waals surface area contributed by atoms with Gasteiger partial charge in [0.15, 0.2) is 0 Å². The normalized spacial score (nSPS) is 11.6. The van der Waals surface area contributed by atoms with Crippen molar-refractivity contribution in [2.24, 2.45) is 0 Å². The highest BCUT2D eigenvalue weighted by molar-refractivity contribution is 7.26. The molecule has 2 nitrogen and oxygen atoms in total. The Hall–Kier alpha value is -7.72. The predicted molar refractivity (Wildman–Crippen MR) is 261 cm³/mol. The van der Waals surface area contributed by atoms with Crippen LogP contribution in [-0.4, -0.2) is 0 Å². The lowest BCUT2D eigenvalue weighted by Gasteiger charge is -2.26. The van der Waals surface area contributed by atoms with E-state index in [2.05, 4.69) is 229 Å². The summed E-state index contributed by atoms with van der Waals surface area (Å²) in [7, 11) is 0. The van der Waals surface area contributed by atoms with Crippen molar-refractivity contribution < 1.29 is 4.42 Å². The molecule has 2 heterocycles. The standard InChI is InChI=1S/C58H37NOS/c1-3-12-38(13-4-1)40-22-24-43(25-23-40)56-48-17-8-7-16-44(48)36-53-52-37-47(34-35-54(52)60-57(53)56)59(45-30-26-41(27-31-45)39-14-5-2-6-15-39)46-32-28-42(29-33-46)49-19-11-20-51-50-18-9-10-21-55(50)61-58(49)51/h1-37H. The van der Waals surface area contributed by atoms with Crippen LogP contribution in [0.3, 0.4) is 0 Å². The summed E-state index contributed by atoms with van der Waals surface area (Å²) in [4.78, 5) is 2.36. The van der Waals surface area contributed by atoms with E-state index in [-0.39, 0.29) is 0 Å². The Bertz CT molecular complexity index is 3550. The van der Waals surface area contributed by atoms with Crippen LogP contribution < -0.4 is 4.90 Å². The predicted octanol–water partition coefficient (Wildman–Crippen LogP) is 17.2. The minimum Gasteiger partial charge on any atom is -0.455 e. The van der Waals surface area contributed by atoms with Crippen molar-refractivity contribution in [1.29, 1.82) is 0 Å². The summed E-state index contributed by atoms with van der Waals surface area (Å²) in [6, 6.07) is 81.0. The zero-order valence-corrected chi connectivity index (χ0v) is 33.9. The maximum absolute atomic E-state index is 6.88. The molecule has 0 fully saturated rings. The number of rotatable bonds is 7. The zero-order valence-electron chi connectivity index (χ0n) is 33.1. The first kappa shape index (κ1) is 35.2. The summed E-state index contributed by atoms with van der Waals surface area (Å²) in [5.41, 5.74) is 14.5. The van der Waals surface area contributed by atoms with E-state index < -0.39 is 0 Å². The van der Waals surface area contributed by atoms with E-state index in [1.165, 1.54) is 64.3 Å². The van der Waals surface area contributed by atoms with Crippen molar-refractivity contribution in [2.45, 2.75) is 0 Å². The number of anilines is 3. The van der Waals surface area contributed by atoms with E-state index in [1.54, 1.807) is 0 Å². The first-order valence-electron chi connectivity index (χ1n) is 20.7. The lowest BCUT2D eigenvalue weighted by atomic mass is 9.94.